The summed E-state index contributed by atoms with van der Waals surface area (Å²) in [5.74, 6) is 0.252. The van der Waals surface area contributed by atoms with E-state index in [-0.39, 0.29) is 18.2 Å². The predicted molar refractivity (Wildman–Crippen MR) is 65.2 cm³/mol. The van der Waals surface area contributed by atoms with Gasteiger partial charge in [-0.2, -0.15) is 0 Å². The summed E-state index contributed by atoms with van der Waals surface area (Å²) in [6, 6.07) is 3.82. The number of hydrogen-bond acceptors (Lipinski definition) is 4. The van der Waals surface area contributed by atoms with Crippen molar-refractivity contribution in [1.29, 1.82) is 0 Å². The van der Waals surface area contributed by atoms with E-state index in [9.17, 15) is 4.79 Å². The molecular weight excluding hydrogens is 232 g/mol. The molecular formula is C10H15ClN2OS. The van der Waals surface area contributed by atoms with E-state index in [1.54, 1.807) is 0 Å². The molecule has 0 aliphatic carbocycles. The van der Waals surface area contributed by atoms with Gasteiger partial charge in [0.2, 0.25) is 0 Å². The molecule has 0 aromatic carbocycles. The Bertz CT molecular complexity index is 296. The van der Waals surface area contributed by atoms with Crippen molar-refractivity contribution in [2.24, 2.45) is 0 Å². The second kappa shape index (κ2) is 6.23. The molecule has 0 saturated carbocycles. The van der Waals surface area contributed by atoms with Gasteiger partial charge in [-0.05, 0) is 11.4 Å². The lowest BCUT2D eigenvalue weighted by atomic mass is 10.2. The molecule has 3 nitrogen and oxygen atoms in total. The number of halogens is 1. The molecule has 1 fully saturated rings. The Hall–Kier alpha value is -0.420. The fraction of sp³-hybridized carbons (Fsp3) is 0.500. The second-order valence-electron chi connectivity index (χ2n) is 3.43. The van der Waals surface area contributed by atoms with Crippen molar-refractivity contribution >= 4 is 29.5 Å². The van der Waals surface area contributed by atoms with Crippen LogP contribution in [0.3, 0.4) is 0 Å². The van der Waals surface area contributed by atoms with Crippen LogP contribution < -0.4 is 5.32 Å². The minimum Gasteiger partial charge on any atom is -0.314 e. The molecule has 1 aliphatic rings. The first-order valence-electron chi connectivity index (χ1n) is 4.86. The highest BCUT2D eigenvalue weighted by Crippen LogP contribution is 2.10. The minimum atomic E-state index is 0. The van der Waals surface area contributed by atoms with Gasteiger partial charge < -0.3 is 5.32 Å². The van der Waals surface area contributed by atoms with Crippen LogP contribution in [-0.2, 0) is 0 Å². The maximum atomic E-state index is 11.7. The highest BCUT2D eigenvalue weighted by molar-refractivity contribution is 7.12. The third kappa shape index (κ3) is 3.57. The molecule has 0 amide bonds. The van der Waals surface area contributed by atoms with Crippen molar-refractivity contribution in [3.63, 3.8) is 0 Å². The molecule has 0 unspecified atom stereocenters. The largest absolute Gasteiger partial charge is 0.314 e. The van der Waals surface area contributed by atoms with E-state index in [4.69, 9.17) is 0 Å². The Kier molecular flexibility index (Phi) is 5.25. The van der Waals surface area contributed by atoms with Crippen LogP contribution in [0, 0.1) is 0 Å². The van der Waals surface area contributed by atoms with E-state index in [2.05, 4.69) is 10.2 Å². The number of piperazine rings is 1. The quantitative estimate of drug-likeness (QED) is 0.815. The number of thiophene rings is 1. The van der Waals surface area contributed by atoms with E-state index in [1.807, 2.05) is 17.5 Å². The smallest absolute Gasteiger partial charge is 0.186 e. The first-order chi connectivity index (χ1) is 6.86. The lowest BCUT2D eigenvalue weighted by Crippen LogP contribution is -2.45. The zero-order valence-corrected chi connectivity index (χ0v) is 10.1. The van der Waals surface area contributed by atoms with Gasteiger partial charge in [0.15, 0.2) is 5.78 Å². The van der Waals surface area contributed by atoms with Crippen LogP contribution in [0.1, 0.15) is 9.67 Å². The van der Waals surface area contributed by atoms with Crippen LogP contribution in [0.2, 0.25) is 0 Å². The Morgan fingerprint density at radius 1 is 1.47 bits per heavy atom. The average molecular weight is 247 g/mol. The highest BCUT2D eigenvalue weighted by atomic mass is 35.5. The summed E-state index contributed by atoms with van der Waals surface area (Å²) < 4.78 is 0. The van der Waals surface area contributed by atoms with Gasteiger partial charge in [0.05, 0.1) is 11.4 Å². The fourth-order valence-electron chi connectivity index (χ4n) is 1.59. The van der Waals surface area contributed by atoms with E-state index < -0.39 is 0 Å². The van der Waals surface area contributed by atoms with Crippen molar-refractivity contribution in [2.45, 2.75) is 0 Å². The topological polar surface area (TPSA) is 32.3 Å². The summed E-state index contributed by atoms with van der Waals surface area (Å²) in [6.45, 7) is 4.53. The van der Waals surface area contributed by atoms with Crippen molar-refractivity contribution < 1.29 is 4.79 Å². The maximum Gasteiger partial charge on any atom is 0.186 e. The number of rotatable bonds is 3. The molecule has 1 aromatic rings. The number of carbonyl (C=O) groups is 1. The molecule has 0 atom stereocenters. The maximum absolute atomic E-state index is 11.7. The normalized spacial score (nSPS) is 17.1. The number of carbonyl (C=O) groups excluding carboxylic acids is 1. The molecule has 1 aliphatic heterocycles. The third-order valence-corrected chi connectivity index (χ3v) is 3.28. The lowest BCUT2D eigenvalue weighted by Gasteiger charge is -2.26. The van der Waals surface area contributed by atoms with Crippen LogP contribution in [0.25, 0.3) is 0 Å². The van der Waals surface area contributed by atoms with Gasteiger partial charge in [0.1, 0.15) is 0 Å². The van der Waals surface area contributed by atoms with Crippen LogP contribution in [0.5, 0.6) is 0 Å². The zero-order chi connectivity index (χ0) is 9.80. The number of ketones is 1. The molecule has 15 heavy (non-hydrogen) atoms. The van der Waals surface area contributed by atoms with Crippen molar-refractivity contribution in [3.8, 4) is 0 Å². The van der Waals surface area contributed by atoms with Crippen molar-refractivity contribution in [1.82, 2.24) is 10.2 Å². The summed E-state index contributed by atoms with van der Waals surface area (Å²) in [5.41, 5.74) is 0. The van der Waals surface area contributed by atoms with Crippen LogP contribution in [0.15, 0.2) is 17.5 Å². The third-order valence-electron chi connectivity index (χ3n) is 2.37. The predicted octanol–water partition coefficient (Wildman–Crippen LogP) is 1.26. The molecule has 0 spiro atoms. The molecule has 5 heteroatoms. The van der Waals surface area contributed by atoms with Gasteiger partial charge >= 0.3 is 0 Å². The number of nitrogens with one attached hydrogen (secondary N) is 1. The molecule has 84 valence electrons. The van der Waals surface area contributed by atoms with E-state index in [1.165, 1.54) is 11.3 Å². The summed E-state index contributed by atoms with van der Waals surface area (Å²) in [5, 5.41) is 5.22. The molecule has 1 aromatic heterocycles. The number of hydrogen-bond donors (Lipinski definition) is 1. The summed E-state index contributed by atoms with van der Waals surface area (Å²) in [6.07, 6.45) is 0. The second-order valence-corrected chi connectivity index (χ2v) is 4.37. The zero-order valence-electron chi connectivity index (χ0n) is 8.44. The number of nitrogens with zero attached hydrogens (tertiary/aromatic N) is 1. The summed E-state index contributed by atoms with van der Waals surface area (Å²) in [7, 11) is 0. The first kappa shape index (κ1) is 12.6. The first-order valence-corrected chi connectivity index (χ1v) is 5.74. The highest BCUT2D eigenvalue weighted by Gasteiger charge is 2.14. The van der Waals surface area contributed by atoms with Gasteiger partial charge in [-0.25, -0.2) is 0 Å². The van der Waals surface area contributed by atoms with Crippen molar-refractivity contribution in [3.05, 3.63) is 22.4 Å². The van der Waals surface area contributed by atoms with Gasteiger partial charge in [0, 0.05) is 26.2 Å². The van der Waals surface area contributed by atoms with Gasteiger partial charge in [0.25, 0.3) is 0 Å². The van der Waals surface area contributed by atoms with Gasteiger partial charge in [-0.1, -0.05) is 6.07 Å². The monoisotopic (exact) mass is 246 g/mol. The van der Waals surface area contributed by atoms with Crippen LogP contribution in [0.4, 0.5) is 0 Å². The lowest BCUT2D eigenvalue weighted by molar-refractivity contribution is 0.0925. The standard InChI is InChI=1S/C10H14N2OS.ClH/c13-9(10-2-1-7-14-10)8-12-5-3-11-4-6-12;/h1-2,7,11H,3-6,8H2;1H. The van der Waals surface area contributed by atoms with E-state index >= 15 is 0 Å². The van der Waals surface area contributed by atoms with E-state index in [0.29, 0.717) is 6.54 Å². The van der Waals surface area contributed by atoms with Crippen molar-refractivity contribution in [2.75, 3.05) is 32.7 Å². The summed E-state index contributed by atoms with van der Waals surface area (Å²) >= 11 is 1.53. The van der Waals surface area contributed by atoms with Gasteiger partial charge in [-0.15, -0.1) is 23.7 Å². The number of Topliss-reactive ketones (excluding diaryl/α,β-unsaturated/α-hetero) is 1. The SMILES string of the molecule is Cl.O=C(CN1CCNCC1)c1cccs1. The van der Waals surface area contributed by atoms with Crippen LogP contribution in [-0.4, -0.2) is 43.4 Å². The molecule has 0 bridgehead atoms. The molecule has 2 rings (SSSR count). The Morgan fingerprint density at radius 2 is 2.20 bits per heavy atom. The van der Waals surface area contributed by atoms with Gasteiger partial charge in [-0.3, -0.25) is 9.69 Å². The Balaban J connectivity index is 0.00000112. The molecule has 2 heterocycles. The fourth-order valence-corrected chi connectivity index (χ4v) is 2.24. The Morgan fingerprint density at radius 3 is 2.80 bits per heavy atom. The average Bonchev–Trinajstić information content (AvgIpc) is 2.72. The van der Waals surface area contributed by atoms with E-state index in [0.717, 1.165) is 31.1 Å². The van der Waals surface area contributed by atoms with Crippen LogP contribution >= 0.6 is 23.7 Å². The molecule has 0 radical (unpaired) electrons. The Labute approximate surface area is 99.9 Å². The molecule has 1 N–H and O–H groups in total. The summed E-state index contributed by atoms with van der Waals surface area (Å²) in [4.78, 5) is 14.8. The molecule has 1 saturated heterocycles. The minimum absolute atomic E-state index is 0.